The summed E-state index contributed by atoms with van der Waals surface area (Å²) >= 11 is 0. The predicted molar refractivity (Wildman–Crippen MR) is 50.5 cm³/mol. The van der Waals surface area contributed by atoms with E-state index in [2.05, 4.69) is 0 Å². The molecule has 0 spiro atoms. The molecule has 0 aliphatic carbocycles. The first-order valence-corrected chi connectivity index (χ1v) is 4.75. The van der Waals surface area contributed by atoms with Crippen LogP contribution in [0.1, 0.15) is 18.6 Å². The van der Waals surface area contributed by atoms with Crippen molar-refractivity contribution in [3.8, 4) is 0 Å². The Morgan fingerprint density at radius 1 is 1.57 bits per heavy atom. The Morgan fingerprint density at radius 3 is 2.93 bits per heavy atom. The van der Waals surface area contributed by atoms with E-state index in [9.17, 15) is 4.39 Å². The van der Waals surface area contributed by atoms with Crippen LogP contribution < -0.4 is 0 Å². The minimum Gasteiger partial charge on any atom is -0.371 e. The molecule has 0 saturated carbocycles. The van der Waals surface area contributed by atoms with Crippen LogP contribution in [0.15, 0.2) is 24.3 Å². The topological polar surface area (TPSA) is 21.8 Å². The lowest BCUT2D eigenvalue weighted by molar-refractivity contribution is 0.0518. The highest BCUT2D eigenvalue weighted by Crippen LogP contribution is 2.21. The molecule has 1 aromatic carbocycles. The van der Waals surface area contributed by atoms with Gasteiger partial charge in [0.15, 0.2) is 0 Å². The lowest BCUT2D eigenvalue weighted by Crippen LogP contribution is -2.07. The maximum absolute atomic E-state index is 13.3. The summed E-state index contributed by atoms with van der Waals surface area (Å²) in [5.74, 6) is -0.211. The van der Waals surface area contributed by atoms with Crippen LogP contribution in [-0.4, -0.2) is 19.3 Å². The molecular weight excluding hydrogens is 183 g/mol. The van der Waals surface area contributed by atoms with E-state index in [-0.39, 0.29) is 18.0 Å². The van der Waals surface area contributed by atoms with Gasteiger partial charge in [0, 0.05) is 5.56 Å². The molecule has 3 heteroatoms. The van der Waals surface area contributed by atoms with Crippen molar-refractivity contribution in [2.45, 2.75) is 19.1 Å². The van der Waals surface area contributed by atoms with E-state index in [0.717, 1.165) is 6.61 Å². The van der Waals surface area contributed by atoms with Crippen LogP contribution in [0.4, 0.5) is 4.39 Å². The van der Waals surface area contributed by atoms with Crippen LogP contribution in [0.2, 0.25) is 0 Å². The average Bonchev–Trinajstić information content (AvgIpc) is 2.98. The third-order valence-corrected chi connectivity index (χ3v) is 2.28. The molecular formula is C11H13FO2. The van der Waals surface area contributed by atoms with E-state index in [0.29, 0.717) is 12.2 Å². The molecule has 1 aliphatic heterocycles. The van der Waals surface area contributed by atoms with Crippen LogP contribution in [0.3, 0.4) is 0 Å². The standard InChI is InChI=1S/C11H13FO2/c1-8(13-6-9-7-14-9)10-4-2-3-5-11(10)12/h2-5,8-9H,6-7H2,1H3/t8-,9-/m0/s1. The third kappa shape index (κ3) is 2.30. The molecule has 0 unspecified atom stereocenters. The maximum atomic E-state index is 13.3. The Kier molecular flexibility index (Phi) is 2.79. The van der Waals surface area contributed by atoms with Gasteiger partial charge in [0.05, 0.1) is 19.3 Å². The van der Waals surface area contributed by atoms with E-state index in [4.69, 9.17) is 9.47 Å². The SMILES string of the molecule is C[C@H](OC[C@H]1CO1)c1ccccc1F. The van der Waals surface area contributed by atoms with Crippen LogP contribution in [-0.2, 0) is 9.47 Å². The molecule has 2 atom stereocenters. The molecule has 1 aromatic rings. The Bertz CT molecular complexity index is 310. The first-order chi connectivity index (χ1) is 6.77. The van der Waals surface area contributed by atoms with Crippen molar-refractivity contribution in [3.05, 3.63) is 35.6 Å². The number of epoxide rings is 1. The molecule has 1 aliphatic rings. The second-order valence-electron chi connectivity index (χ2n) is 3.45. The van der Waals surface area contributed by atoms with Crippen molar-refractivity contribution in [2.75, 3.05) is 13.2 Å². The van der Waals surface area contributed by atoms with Gasteiger partial charge in [-0.05, 0) is 13.0 Å². The fraction of sp³-hybridized carbons (Fsp3) is 0.455. The Balaban J connectivity index is 1.95. The van der Waals surface area contributed by atoms with Gasteiger partial charge in [0.25, 0.3) is 0 Å². The summed E-state index contributed by atoms with van der Waals surface area (Å²) in [7, 11) is 0. The summed E-state index contributed by atoms with van der Waals surface area (Å²) in [6.45, 7) is 3.17. The van der Waals surface area contributed by atoms with Crippen molar-refractivity contribution in [2.24, 2.45) is 0 Å². The lowest BCUT2D eigenvalue weighted by Gasteiger charge is -2.12. The molecule has 2 rings (SSSR count). The summed E-state index contributed by atoms with van der Waals surface area (Å²) in [5, 5.41) is 0. The van der Waals surface area contributed by atoms with Gasteiger partial charge in [-0.15, -0.1) is 0 Å². The highest BCUT2D eigenvalue weighted by molar-refractivity contribution is 5.19. The zero-order valence-corrected chi connectivity index (χ0v) is 8.07. The summed E-state index contributed by atoms with van der Waals surface area (Å²) in [6, 6.07) is 6.68. The van der Waals surface area contributed by atoms with E-state index < -0.39 is 0 Å². The molecule has 1 fully saturated rings. The fourth-order valence-corrected chi connectivity index (χ4v) is 1.31. The minimum atomic E-state index is -0.211. The first kappa shape index (κ1) is 9.62. The van der Waals surface area contributed by atoms with Gasteiger partial charge in [-0.3, -0.25) is 0 Å². The second kappa shape index (κ2) is 4.07. The van der Waals surface area contributed by atoms with Crippen molar-refractivity contribution in [3.63, 3.8) is 0 Å². The van der Waals surface area contributed by atoms with Crippen LogP contribution in [0, 0.1) is 5.82 Å². The normalized spacial score (nSPS) is 22.0. The minimum absolute atomic E-state index is 0.208. The molecule has 0 amide bonds. The van der Waals surface area contributed by atoms with Crippen molar-refractivity contribution in [1.29, 1.82) is 0 Å². The quantitative estimate of drug-likeness (QED) is 0.689. The van der Waals surface area contributed by atoms with Gasteiger partial charge in [-0.1, -0.05) is 18.2 Å². The highest BCUT2D eigenvalue weighted by Gasteiger charge is 2.24. The number of ether oxygens (including phenoxy) is 2. The fourth-order valence-electron chi connectivity index (χ4n) is 1.31. The second-order valence-corrected chi connectivity index (χ2v) is 3.45. The molecule has 1 heterocycles. The van der Waals surface area contributed by atoms with E-state index >= 15 is 0 Å². The number of rotatable bonds is 4. The van der Waals surface area contributed by atoms with Crippen molar-refractivity contribution >= 4 is 0 Å². The lowest BCUT2D eigenvalue weighted by atomic mass is 10.1. The molecule has 14 heavy (non-hydrogen) atoms. The molecule has 0 aromatic heterocycles. The average molecular weight is 196 g/mol. The van der Waals surface area contributed by atoms with Gasteiger partial charge in [-0.2, -0.15) is 0 Å². The van der Waals surface area contributed by atoms with Crippen LogP contribution >= 0.6 is 0 Å². The largest absolute Gasteiger partial charge is 0.371 e. The summed E-state index contributed by atoms with van der Waals surface area (Å²) in [6.07, 6.45) is 0.0182. The number of halogens is 1. The highest BCUT2D eigenvalue weighted by atomic mass is 19.1. The first-order valence-electron chi connectivity index (χ1n) is 4.75. The number of hydrogen-bond acceptors (Lipinski definition) is 2. The van der Waals surface area contributed by atoms with Gasteiger partial charge < -0.3 is 9.47 Å². The Hall–Kier alpha value is -0.930. The molecule has 76 valence electrons. The zero-order valence-electron chi connectivity index (χ0n) is 8.07. The molecule has 0 bridgehead atoms. The number of hydrogen-bond donors (Lipinski definition) is 0. The van der Waals surface area contributed by atoms with Crippen molar-refractivity contribution in [1.82, 2.24) is 0 Å². The zero-order chi connectivity index (χ0) is 9.97. The summed E-state index contributed by atoms with van der Waals surface area (Å²) in [4.78, 5) is 0. The maximum Gasteiger partial charge on any atom is 0.128 e. The van der Waals surface area contributed by atoms with E-state index in [1.807, 2.05) is 13.0 Å². The van der Waals surface area contributed by atoms with Gasteiger partial charge in [0.1, 0.15) is 11.9 Å². The molecule has 2 nitrogen and oxygen atoms in total. The third-order valence-electron chi connectivity index (χ3n) is 2.28. The smallest absolute Gasteiger partial charge is 0.128 e. The number of benzene rings is 1. The van der Waals surface area contributed by atoms with Crippen LogP contribution in [0.5, 0.6) is 0 Å². The predicted octanol–water partition coefficient (Wildman–Crippen LogP) is 2.30. The monoisotopic (exact) mass is 196 g/mol. The molecule has 1 saturated heterocycles. The van der Waals surface area contributed by atoms with Crippen molar-refractivity contribution < 1.29 is 13.9 Å². The van der Waals surface area contributed by atoms with Crippen LogP contribution in [0.25, 0.3) is 0 Å². The Morgan fingerprint density at radius 2 is 2.29 bits per heavy atom. The molecule has 0 radical (unpaired) electrons. The summed E-state index contributed by atoms with van der Waals surface area (Å²) in [5.41, 5.74) is 0.605. The van der Waals surface area contributed by atoms with E-state index in [1.54, 1.807) is 12.1 Å². The molecule has 0 N–H and O–H groups in total. The van der Waals surface area contributed by atoms with Gasteiger partial charge in [0.2, 0.25) is 0 Å². The van der Waals surface area contributed by atoms with E-state index in [1.165, 1.54) is 6.07 Å². The van der Waals surface area contributed by atoms with Gasteiger partial charge in [-0.25, -0.2) is 4.39 Å². The summed E-state index contributed by atoms with van der Waals surface area (Å²) < 4.78 is 23.7. The Labute approximate surface area is 82.6 Å². The van der Waals surface area contributed by atoms with Gasteiger partial charge >= 0.3 is 0 Å².